The van der Waals surface area contributed by atoms with Crippen molar-refractivity contribution in [2.75, 3.05) is 6.61 Å². The molecule has 0 bridgehead atoms. The molecule has 2 nitrogen and oxygen atoms in total. The SMILES string of the molecule is C[C@@H]1CCOC2CC(=O)C(c3ccccc3)=C21. The van der Waals surface area contributed by atoms with Crippen LogP contribution in [0.1, 0.15) is 25.3 Å². The van der Waals surface area contributed by atoms with Crippen LogP contribution in [0.15, 0.2) is 35.9 Å². The summed E-state index contributed by atoms with van der Waals surface area (Å²) in [6.07, 6.45) is 1.60. The van der Waals surface area contributed by atoms with Gasteiger partial charge in [0.15, 0.2) is 5.78 Å². The Morgan fingerprint density at radius 2 is 2.00 bits per heavy atom. The molecule has 0 spiro atoms. The Labute approximate surface area is 101 Å². The molecule has 1 aliphatic heterocycles. The number of carbonyl (C=O) groups is 1. The second-order valence-electron chi connectivity index (χ2n) is 4.87. The molecule has 1 unspecified atom stereocenters. The Kier molecular flexibility index (Phi) is 2.60. The van der Waals surface area contributed by atoms with E-state index in [-0.39, 0.29) is 11.9 Å². The van der Waals surface area contributed by atoms with Gasteiger partial charge in [0.05, 0.1) is 6.10 Å². The van der Waals surface area contributed by atoms with Crippen LogP contribution in [-0.4, -0.2) is 18.5 Å². The highest BCUT2D eigenvalue weighted by atomic mass is 16.5. The lowest BCUT2D eigenvalue weighted by molar-refractivity contribution is -0.115. The molecule has 2 heteroatoms. The van der Waals surface area contributed by atoms with Crippen molar-refractivity contribution in [1.29, 1.82) is 0 Å². The second kappa shape index (κ2) is 4.11. The molecule has 1 fully saturated rings. The van der Waals surface area contributed by atoms with E-state index in [2.05, 4.69) is 6.92 Å². The summed E-state index contributed by atoms with van der Waals surface area (Å²) >= 11 is 0. The maximum atomic E-state index is 12.1. The second-order valence-corrected chi connectivity index (χ2v) is 4.87. The fourth-order valence-electron chi connectivity index (χ4n) is 2.89. The van der Waals surface area contributed by atoms with E-state index in [1.165, 1.54) is 5.57 Å². The van der Waals surface area contributed by atoms with Crippen molar-refractivity contribution in [2.45, 2.75) is 25.9 Å². The van der Waals surface area contributed by atoms with Crippen LogP contribution in [0, 0.1) is 5.92 Å². The van der Waals surface area contributed by atoms with Gasteiger partial charge in [0.1, 0.15) is 0 Å². The minimum atomic E-state index is 0.0430. The molecule has 0 N–H and O–H groups in total. The third kappa shape index (κ3) is 1.73. The van der Waals surface area contributed by atoms with Crippen LogP contribution in [0.25, 0.3) is 5.57 Å². The first kappa shape index (κ1) is 10.7. The molecule has 17 heavy (non-hydrogen) atoms. The summed E-state index contributed by atoms with van der Waals surface area (Å²) in [5, 5.41) is 0. The molecule has 0 saturated carbocycles. The molecule has 0 radical (unpaired) electrons. The van der Waals surface area contributed by atoms with Gasteiger partial charge in [-0.05, 0) is 23.5 Å². The Balaban J connectivity index is 2.11. The number of ketones is 1. The predicted octanol–water partition coefficient (Wildman–Crippen LogP) is 2.84. The van der Waals surface area contributed by atoms with E-state index in [1.54, 1.807) is 0 Å². The first-order chi connectivity index (χ1) is 8.27. The average molecular weight is 228 g/mol. The zero-order valence-corrected chi connectivity index (χ0v) is 9.98. The highest BCUT2D eigenvalue weighted by molar-refractivity contribution is 6.24. The van der Waals surface area contributed by atoms with Crippen molar-refractivity contribution in [3.8, 4) is 0 Å². The van der Waals surface area contributed by atoms with E-state index < -0.39 is 0 Å². The van der Waals surface area contributed by atoms with Gasteiger partial charge in [-0.2, -0.15) is 0 Å². The summed E-state index contributed by atoms with van der Waals surface area (Å²) < 4.78 is 5.72. The van der Waals surface area contributed by atoms with Gasteiger partial charge in [0.25, 0.3) is 0 Å². The Bertz CT molecular complexity index is 473. The first-order valence-electron chi connectivity index (χ1n) is 6.21. The van der Waals surface area contributed by atoms with Crippen LogP contribution in [0.5, 0.6) is 0 Å². The van der Waals surface area contributed by atoms with Gasteiger partial charge < -0.3 is 4.74 Å². The van der Waals surface area contributed by atoms with Crippen LogP contribution >= 0.6 is 0 Å². The van der Waals surface area contributed by atoms with Gasteiger partial charge in [-0.25, -0.2) is 0 Å². The van der Waals surface area contributed by atoms with E-state index in [9.17, 15) is 4.79 Å². The van der Waals surface area contributed by atoms with Gasteiger partial charge in [-0.1, -0.05) is 37.3 Å². The molecule has 1 aromatic carbocycles. The molecule has 0 aromatic heterocycles. The molecule has 2 aliphatic rings. The zero-order chi connectivity index (χ0) is 11.8. The fourth-order valence-corrected chi connectivity index (χ4v) is 2.89. The molecule has 3 rings (SSSR count). The molecular weight excluding hydrogens is 212 g/mol. The van der Waals surface area contributed by atoms with Gasteiger partial charge in [-0.3, -0.25) is 4.79 Å². The van der Waals surface area contributed by atoms with Gasteiger partial charge in [-0.15, -0.1) is 0 Å². The molecule has 1 aliphatic carbocycles. The number of rotatable bonds is 1. The zero-order valence-electron chi connectivity index (χ0n) is 9.98. The summed E-state index contributed by atoms with van der Waals surface area (Å²) in [5.41, 5.74) is 3.20. The van der Waals surface area contributed by atoms with Crippen LogP contribution in [0.4, 0.5) is 0 Å². The largest absolute Gasteiger partial charge is 0.373 e. The first-order valence-corrected chi connectivity index (χ1v) is 6.21. The van der Waals surface area contributed by atoms with Crippen molar-refractivity contribution in [2.24, 2.45) is 5.92 Å². The van der Waals surface area contributed by atoms with Gasteiger partial charge in [0, 0.05) is 18.6 Å². The third-order valence-electron chi connectivity index (χ3n) is 3.75. The summed E-state index contributed by atoms with van der Waals surface area (Å²) in [6.45, 7) is 2.98. The highest BCUT2D eigenvalue weighted by Crippen LogP contribution is 2.40. The topological polar surface area (TPSA) is 26.3 Å². The Morgan fingerprint density at radius 1 is 1.24 bits per heavy atom. The van der Waals surface area contributed by atoms with E-state index in [1.807, 2.05) is 30.3 Å². The summed E-state index contributed by atoms with van der Waals surface area (Å²) in [4.78, 5) is 12.1. The quantitative estimate of drug-likeness (QED) is 0.738. The average Bonchev–Trinajstić information content (AvgIpc) is 2.68. The molecule has 0 amide bonds. The normalized spacial score (nSPS) is 28.4. The van der Waals surface area contributed by atoms with Crippen LogP contribution in [0.3, 0.4) is 0 Å². The van der Waals surface area contributed by atoms with Crippen molar-refractivity contribution >= 4 is 11.4 Å². The Morgan fingerprint density at radius 3 is 2.76 bits per heavy atom. The number of Topliss-reactive ketones (excluding diaryl/α,β-unsaturated/α-hetero) is 1. The minimum Gasteiger partial charge on any atom is -0.373 e. The van der Waals surface area contributed by atoms with E-state index in [4.69, 9.17) is 4.74 Å². The van der Waals surface area contributed by atoms with Crippen molar-refractivity contribution in [3.05, 3.63) is 41.5 Å². The van der Waals surface area contributed by atoms with E-state index in [0.717, 1.165) is 24.2 Å². The van der Waals surface area contributed by atoms with Crippen LogP contribution < -0.4 is 0 Å². The van der Waals surface area contributed by atoms with Gasteiger partial charge >= 0.3 is 0 Å². The maximum Gasteiger partial charge on any atom is 0.166 e. The molecular formula is C15H16O2. The smallest absolute Gasteiger partial charge is 0.166 e. The van der Waals surface area contributed by atoms with Crippen molar-refractivity contribution in [3.63, 3.8) is 0 Å². The van der Waals surface area contributed by atoms with Crippen molar-refractivity contribution in [1.82, 2.24) is 0 Å². The van der Waals surface area contributed by atoms with Crippen molar-refractivity contribution < 1.29 is 9.53 Å². The summed E-state index contributed by atoms with van der Waals surface area (Å²) in [6, 6.07) is 9.98. The monoisotopic (exact) mass is 228 g/mol. The summed E-state index contributed by atoms with van der Waals surface area (Å²) in [7, 11) is 0. The number of hydrogen-bond acceptors (Lipinski definition) is 2. The molecule has 1 aromatic rings. The summed E-state index contributed by atoms with van der Waals surface area (Å²) in [5.74, 6) is 0.709. The number of carbonyl (C=O) groups excluding carboxylic acids is 1. The third-order valence-corrected chi connectivity index (χ3v) is 3.75. The number of hydrogen-bond donors (Lipinski definition) is 0. The van der Waals surface area contributed by atoms with Crippen LogP contribution in [-0.2, 0) is 9.53 Å². The molecule has 1 heterocycles. The standard InChI is InChI=1S/C15H16O2/c1-10-7-8-17-13-9-12(16)15(14(10)13)11-5-3-2-4-6-11/h2-6,10,13H,7-9H2,1H3/t10-,13?/m1/s1. The predicted molar refractivity (Wildman–Crippen MR) is 66.5 cm³/mol. The van der Waals surface area contributed by atoms with E-state index >= 15 is 0 Å². The lowest BCUT2D eigenvalue weighted by Gasteiger charge is -2.27. The molecule has 1 saturated heterocycles. The number of ether oxygens (including phenoxy) is 1. The molecule has 2 atom stereocenters. The fraction of sp³-hybridized carbons (Fsp3) is 0.400. The lowest BCUT2D eigenvalue weighted by atomic mass is 9.89. The minimum absolute atomic E-state index is 0.0430. The number of benzene rings is 1. The van der Waals surface area contributed by atoms with Crippen LogP contribution in [0.2, 0.25) is 0 Å². The highest BCUT2D eigenvalue weighted by Gasteiger charge is 2.38. The van der Waals surface area contributed by atoms with Gasteiger partial charge in [0.2, 0.25) is 0 Å². The Hall–Kier alpha value is -1.41. The number of fused-ring (bicyclic) bond motifs is 1. The molecule has 88 valence electrons. The van der Waals surface area contributed by atoms with E-state index in [0.29, 0.717) is 12.3 Å². The maximum absolute atomic E-state index is 12.1. The lowest BCUT2D eigenvalue weighted by Crippen LogP contribution is -2.25. The number of allylic oxidation sites excluding steroid dienone is 1.